The summed E-state index contributed by atoms with van der Waals surface area (Å²) in [4.78, 5) is 20.2. The van der Waals surface area contributed by atoms with Gasteiger partial charge in [-0.05, 0) is 30.9 Å². The molecule has 0 spiro atoms. The molecule has 140 valence electrons. The van der Waals surface area contributed by atoms with Crippen LogP contribution in [0.3, 0.4) is 0 Å². The molecule has 0 radical (unpaired) electrons. The number of rotatable bonds is 4. The van der Waals surface area contributed by atoms with Gasteiger partial charge in [0.15, 0.2) is 0 Å². The Labute approximate surface area is 164 Å². The molecule has 0 saturated carbocycles. The van der Waals surface area contributed by atoms with E-state index in [0.717, 1.165) is 37.1 Å². The minimum atomic E-state index is -0.0952. The summed E-state index contributed by atoms with van der Waals surface area (Å²) >= 11 is 0. The molecule has 5 nitrogen and oxygen atoms in total. The Morgan fingerprint density at radius 2 is 1.68 bits per heavy atom. The Hall–Kier alpha value is -3.39. The molecule has 2 aromatic carbocycles. The number of aromatic nitrogens is 2. The summed E-state index contributed by atoms with van der Waals surface area (Å²) in [7, 11) is 0. The summed E-state index contributed by atoms with van der Waals surface area (Å²) in [6.07, 6.45) is 3.40. The number of nitriles is 1. The summed E-state index contributed by atoms with van der Waals surface area (Å²) in [6.45, 7) is 2.13. The van der Waals surface area contributed by atoms with Crippen molar-refractivity contribution >= 4 is 5.95 Å². The van der Waals surface area contributed by atoms with E-state index in [9.17, 15) is 10.1 Å². The van der Waals surface area contributed by atoms with Crippen LogP contribution in [0.5, 0.6) is 0 Å². The molecule has 0 aliphatic carbocycles. The first-order valence-corrected chi connectivity index (χ1v) is 9.66. The number of anilines is 1. The first-order valence-electron chi connectivity index (χ1n) is 9.66. The van der Waals surface area contributed by atoms with Gasteiger partial charge in [-0.3, -0.25) is 9.36 Å². The Balaban J connectivity index is 1.82. The van der Waals surface area contributed by atoms with Crippen molar-refractivity contribution in [2.45, 2.75) is 25.8 Å². The predicted molar refractivity (Wildman–Crippen MR) is 110 cm³/mol. The molecule has 4 rings (SSSR count). The van der Waals surface area contributed by atoms with Gasteiger partial charge in [0.25, 0.3) is 5.56 Å². The Morgan fingerprint density at radius 1 is 0.964 bits per heavy atom. The average Bonchev–Trinajstić information content (AvgIpc) is 2.76. The number of hydrogen-bond acceptors (Lipinski definition) is 4. The molecule has 0 unspecified atom stereocenters. The van der Waals surface area contributed by atoms with Crippen LogP contribution in [-0.2, 0) is 6.54 Å². The number of hydrogen-bond donors (Lipinski definition) is 0. The second-order valence-electron chi connectivity index (χ2n) is 7.05. The fourth-order valence-electron chi connectivity index (χ4n) is 3.67. The first kappa shape index (κ1) is 18.0. The van der Waals surface area contributed by atoms with E-state index >= 15 is 0 Å². The lowest BCUT2D eigenvalue weighted by Crippen LogP contribution is -2.36. The van der Waals surface area contributed by atoms with Gasteiger partial charge in [-0.25, -0.2) is 4.98 Å². The summed E-state index contributed by atoms with van der Waals surface area (Å²) in [5, 5.41) is 9.41. The monoisotopic (exact) mass is 370 g/mol. The Bertz CT molecular complexity index is 1060. The van der Waals surface area contributed by atoms with Crippen molar-refractivity contribution in [3.63, 3.8) is 0 Å². The first-order chi connectivity index (χ1) is 13.8. The van der Waals surface area contributed by atoms with Crippen molar-refractivity contribution in [1.29, 1.82) is 5.26 Å². The van der Waals surface area contributed by atoms with Gasteiger partial charge in [-0.2, -0.15) is 5.26 Å². The van der Waals surface area contributed by atoms with E-state index in [-0.39, 0.29) is 5.56 Å². The molecule has 3 aromatic rings. The van der Waals surface area contributed by atoms with Crippen LogP contribution in [0.1, 0.15) is 30.4 Å². The summed E-state index contributed by atoms with van der Waals surface area (Å²) in [5.74, 6) is 0.693. The highest BCUT2D eigenvalue weighted by atomic mass is 16.1. The van der Waals surface area contributed by atoms with Gasteiger partial charge in [-0.15, -0.1) is 0 Å². The zero-order valence-electron chi connectivity index (χ0n) is 15.7. The van der Waals surface area contributed by atoms with Crippen molar-refractivity contribution < 1.29 is 0 Å². The molecule has 5 heteroatoms. The van der Waals surface area contributed by atoms with E-state index in [1.807, 2.05) is 48.5 Å². The molecule has 0 atom stereocenters. The average molecular weight is 370 g/mol. The molecule has 2 heterocycles. The van der Waals surface area contributed by atoms with E-state index < -0.39 is 0 Å². The Kier molecular flexibility index (Phi) is 5.20. The van der Waals surface area contributed by atoms with E-state index in [2.05, 4.69) is 11.0 Å². The van der Waals surface area contributed by atoms with Crippen LogP contribution >= 0.6 is 0 Å². The van der Waals surface area contributed by atoms with Crippen LogP contribution in [0, 0.1) is 11.3 Å². The quantitative estimate of drug-likeness (QED) is 0.700. The predicted octanol–water partition coefficient (Wildman–Crippen LogP) is 3.82. The van der Waals surface area contributed by atoms with Crippen LogP contribution in [0.15, 0.2) is 65.5 Å². The molecule has 0 N–H and O–H groups in total. The second kappa shape index (κ2) is 8.10. The maximum absolute atomic E-state index is 13.1. The fraction of sp³-hybridized carbons (Fsp3) is 0.261. The fourth-order valence-corrected chi connectivity index (χ4v) is 3.67. The Morgan fingerprint density at radius 3 is 2.43 bits per heavy atom. The third-order valence-electron chi connectivity index (χ3n) is 5.16. The van der Waals surface area contributed by atoms with Crippen LogP contribution in [0.2, 0.25) is 0 Å². The highest BCUT2D eigenvalue weighted by molar-refractivity contribution is 5.60. The van der Waals surface area contributed by atoms with Crippen LogP contribution in [0.25, 0.3) is 11.3 Å². The van der Waals surface area contributed by atoms with Crippen molar-refractivity contribution in [2.24, 2.45) is 0 Å². The van der Waals surface area contributed by atoms with Gasteiger partial charge in [0.2, 0.25) is 5.95 Å². The highest BCUT2D eigenvalue weighted by Crippen LogP contribution is 2.23. The topological polar surface area (TPSA) is 61.9 Å². The molecule has 0 amide bonds. The van der Waals surface area contributed by atoms with Crippen LogP contribution in [-0.4, -0.2) is 22.6 Å². The van der Waals surface area contributed by atoms with Gasteiger partial charge in [0, 0.05) is 24.7 Å². The molecule has 1 saturated heterocycles. The minimum Gasteiger partial charge on any atom is -0.342 e. The molecule has 1 aromatic heterocycles. The maximum Gasteiger partial charge on any atom is 0.255 e. The summed E-state index contributed by atoms with van der Waals surface area (Å²) < 4.78 is 1.70. The normalized spacial score (nSPS) is 13.9. The molecule has 1 fully saturated rings. The van der Waals surface area contributed by atoms with Gasteiger partial charge in [-0.1, -0.05) is 48.5 Å². The van der Waals surface area contributed by atoms with Crippen molar-refractivity contribution in [3.05, 3.63) is 82.1 Å². The van der Waals surface area contributed by atoms with Gasteiger partial charge in [0.05, 0.1) is 23.9 Å². The van der Waals surface area contributed by atoms with Crippen molar-refractivity contribution in [3.8, 4) is 17.3 Å². The van der Waals surface area contributed by atoms with Gasteiger partial charge < -0.3 is 4.90 Å². The summed E-state index contributed by atoms with van der Waals surface area (Å²) in [5.41, 5.74) is 2.95. The maximum atomic E-state index is 13.1. The smallest absolute Gasteiger partial charge is 0.255 e. The lowest BCUT2D eigenvalue weighted by atomic mass is 10.1. The second-order valence-corrected chi connectivity index (χ2v) is 7.05. The third-order valence-corrected chi connectivity index (χ3v) is 5.16. The standard InChI is InChI=1S/C23H22N4O/c24-16-19-11-5-6-12-20(19)17-27-22(28)15-21(18-9-3-1-4-10-18)25-23(27)26-13-7-2-8-14-26/h1,3-6,9-12,15H,2,7-8,13-14,17H2. The molecule has 1 aliphatic rings. The van der Waals surface area contributed by atoms with Crippen LogP contribution in [0.4, 0.5) is 5.95 Å². The third kappa shape index (κ3) is 3.67. The lowest BCUT2D eigenvalue weighted by Gasteiger charge is -2.30. The number of benzene rings is 2. The largest absolute Gasteiger partial charge is 0.342 e. The van der Waals surface area contributed by atoms with E-state index in [1.165, 1.54) is 6.42 Å². The summed E-state index contributed by atoms with van der Waals surface area (Å²) in [6, 6.07) is 21.0. The molecule has 0 bridgehead atoms. The minimum absolute atomic E-state index is 0.0952. The van der Waals surface area contributed by atoms with Gasteiger partial charge in [0.1, 0.15) is 0 Å². The lowest BCUT2D eigenvalue weighted by molar-refractivity contribution is 0.551. The highest BCUT2D eigenvalue weighted by Gasteiger charge is 2.19. The van der Waals surface area contributed by atoms with E-state index in [1.54, 1.807) is 16.7 Å². The molecule has 28 heavy (non-hydrogen) atoms. The molecule has 1 aliphatic heterocycles. The van der Waals surface area contributed by atoms with E-state index in [4.69, 9.17) is 4.98 Å². The zero-order valence-corrected chi connectivity index (χ0v) is 15.7. The number of nitrogens with zero attached hydrogens (tertiary/aromatic N) is 4. The van der Waals surface area contributed by atoms with Crippen molar-refractivity contribution in [2.75, 3.05) is 18.0 Å². The SMILES string of the molecule is N#Cc1ccccc1Cn1c(N2CCCCC2)nc(-c2ccccc2)cc1=O. The van der Waals surface area contributed by atoms with Gasteiger partial charge >= 0.3 is 0 Å². The number of piperidine rings is 1. The van der Waals surface area contributed by atoms with Crippen LogP contribution < -0.4 is 10.5 Å². The van der Waals surface area contributed by atoms with Crippen molar-refractivity contribution in [1.82, 2.24) is 9.55 Å². The van der Waals surface area contributed by atoms with E-state index in [0.29, 0.717) is 23.8 Å². The molecular weight excluding hydrogens is 348 g/mol. The molecular formula is C23H22N4O. The zero-order chi connectivity index (χ0) is 19.3.